The van der Waals surface area contributed by atoms with Crippen LogP contribution in [-0.4, -0.2) is 13.1 Å². The van der Waals surface area contributed by atoms with E-state index in [0.717, 1.165) is 32.0 Å². The van der Waals surface area contributed by atoms with Crippen LogP contribution in [0.3, 0.4) is 0 Å². The molecule has 1 N–H and O–H groups in total. The zero-order chi connectivity index (χ0) is 13.5. The van der Waals surface area contributed by atoms with Gasteiger partial charge in [-0.05, 0) is 38.1 Å². The number of hydrogen-bond donors (Lipinski definition) is 1. The predicted octanol–water partition coefficient (Wildman–Crippen LogP) is 3.92. The topological polar surface area (TPSA) is 25.2 Å². The van der Waals surface area contributed by atoms with Gasteiger partial charge in [0.25, 0.3) is 0 Å². The van der Waals surface area contributed by atoms with Gasteiger partial charge in [0.05, 0.1) is 5.56 Å². The Bertz CT molecular complexity index is 582. The number of halogens is 3. The Morgan fingerprint density at radius 2 is 1.89 bits per heavy atom. The van der Waals surface area contributed by atoms with Crippen molar-refractivity contribution in [3.63, 3.8) is 0 Å². The predicted molar refractivity (Wildman–Crippen MR) is 66.1 cm³/mol. The Balaban J connectivity index is 2.05. The van der Waals surface area contributed by atoms with E-state index in [-0.39, 0.29) is 11.5 Å². The van der Waals surface area contributed by atoms with Gasteiger partial charge in [0.2, 0.25) is 0 Å². The Hall–Kier alpha value is -1.49. The van der Waals surface area contributed by atoms with Gasteiger partial charge in [-0.1, -0.05) is 12.1 Å². The van der Waals surface area contributed by atoms with E-state index in [1.807, 2.05) is 0 Å². The number of nitrogens with one attached hydrogen (secondary N) is 1. The highest BCUT2D eigenvalue weighted by Crippen LogP contribution is 2.38. The summed E-state index contributed by atoms with van der Waals surface area (Å²) < 4.78 is 44.2. The summed E-state index contributed by atoms with van der Waals surface area (Å²) in [6.07, 6.45) is -2.56. The minimum absolute atomic E-state index is 0.0384. The molecule has 0 bridgehead atoms. The lowest BCUT2D eigenvalue weighted by molar-refractivity contribution is -0.136. The van der Waals surface area contributed by atoms with Crippen LogP contribution in [0.4, 0.5) is 13.2 Å². The molecule has 102 valence electrons. The fourth-order valence-electron chi connectivity index (χ4n) is 2.61. The molecule has 0 saturated carbocycles. The molecule has 2 heterocycles. The zero-order valence-electron chi connectivity index (χ0n) is 10.3. The van der Waals surface area contributed by atoms with E-state index >= 15 is 0 Å². The Morgan fingerprint density at radius 1 is 1.16 bits per heavy atom. The van der Waals surface area contributed by atoms with Crippen LogP contribution in [0.1, 0.15) is 30.1 Å². The Kier molecular flexibility index (Phi) is 3.01. The molecule has 1 aromatic heterocycles. The monoisotopic (exact) mass is 269 g/mol. The first-order chi connectivity index (χ1) is 9.05. The Labute approximate surface area is 108 Å². The van der Waals surface area contributed by atoms with Gasteiger partial charge in [-0.2, -0.15) is 13.2 Å². The molecule has 0 radical (unpaired) electrons. The minimum Gasteiger partial charge on any atom is -0.460 e. The summed E-state index contributed by atoms with van der Waals surface area (Å²) in [4.78, 5) is 0. The van der Waals surface area contributed by atoms with Crippen molar-refractivity contribution in [3.8, 4) is 0 Å². The van der Waals surface area contributed by atoms with E-state index in [0.29, 0.717) is 11.1 Å². The summed E-state index contributed by atoms with van der Waals surface area (Å²) in [5.74, 6) is 0.892. The molecule has 1 fully saturated rings. The van der Waals surface area contributed by atoms with Gasteiger partial charge in [-0.15, -0.1) is 0 Å². The van der Waals surface area contributed by atoms with E-state index < -0.39 is 11.7 Å². The smallest absolute Gasteiger partial charge is 0.420 e. The quantitative estimate of drug-likeness (QED) is 0.848. The van der Waals surface area contributed by atoms with Crippen molar-refractivity contribution in [1.82, 2.24) is 5.32 Å². The number of para-hydroxylation sites is 1. The third kappa shape index (κ3) is 2.34. The van der Waals surface area contributed by atoms with E-state index in [2.05, 4.69) is 5.32 Å². The maximum Gasteiger partial charge on any atom is 0.420 e. The van der Waals surface area contributed by atoms with Crippen molar-refractivity contribution in [1.29, 1.82) is 0 Å². The summed E-state index contributed by atoms with van der Waals surface area (Å²) >= 11 is 0. The molecule has 19 heavy (non-hydrogen) atoms. The van der Waals surface area contributed by atoms with Gasteiger partial charge in [-0.3, -0.25) is 0 Å². The molecule has 2 aromatic rings. The van der Waals surface area contributed by atoms with Crippen LogP contribution >= 0.6 is 0 Å². The van der Waals surface area contributed by atoms with Crippen molar-refractivity contribution in [2.45, 2.75) is 24.9 Å². The fourth-order valence-corrected chi connectivity index (χ4v) is 2.61. The number of alkyl halides is 3. The maximum absolute atomic E-state index is 12.9. The highest BCUT2D eigenvalue weighted by molar-refractivity contribution is 5.81. The lowest BCUT2D eigenvalue weighted by Gasteiger charge is -2.20. The van der Waals surface area contributed by atoms with E-state index in [4.69, 9.17) is 4.42 Å². The molecular formula is C14H14F3NO. The van der Waals surface area contributed by atoms with Crippen LogP contribution < -0.4 is 5.32 Å². The van der Waals surface area contributed by atoms with E-state index in [9.17, 15) is 13.2 Å². The molecule has 1 aromatic carbocycles. The van der Waals surface area contributed by atoms with Gasteiger partial charge in [-0.25, -0.2) is 0 Å². The van der Waals surface area contributed by atoms with Crippen molar-refractivity contribution in [2.75, 3.05) is 13.1 Å². The third-order valence-electron chi connectivity index (χ3n) is 3.61. The second kappa shape index (κ2) is 4.56. The van der Waals surface area contributed by atoms with Crippen molar-refractivity contribution in [2.24, 2.45) is 0 Å². The first-order valence-corrected chi connectivity index (χ1v) is 6.36. The van der Waals surface area contributed by atoms with Gasteiger partial charge in [0, 0.05) is 11.3 Å². The SMILES string of the molecule is FC(F)(F)c1cccc2cc(C3CCNCC3)oc12. The number of hydrogen-bond acceptors (Lipinski definition) is 2. The number of benzene rings is 1. The minimum atomic E-state index is -4.37. The molecular weight excluding hydrogens is 255 g/mol. The van der Waals surface area contributed by atoms with Crippen molar-refractivity contribution < 1.29 is 17.6 Å². The summed E-state index contributed by atoms with van der Waals surface area (Å²) in [6, 6.07) is 5.91. The van der Waals surface area contributed by atoms with Crippen LogP contribution in [-0.2, 0) is 6.18 Å². The third-order valence-corrected chi connectivity index (χ3v) is 3.61. The molecule has 0 amide bonds. The van der Waals surface area contributed by atoms with E-state index in [1.165, 1.54) is 6.07 Å². The summed E-state index contributed by atoms with van der Waals surface area (Å²) in [5, 5.41) is 3.76. The van der Waals surface area contributed by atoms with Crippen LogP contribution in [0.2, 0.25) is 0 Å². The summed E-state index contributed by atoms with van der Waals surface area (Å²) in [7, 11) is 0. The molecule has 0 spiro atoms. The molecule has 3 rings (SSSR count). The largest absolute Gasteiger partial charge is 0.460 e. The van der Waals surface area contributed by atoms with Crippen LogP contribution in [0.25, 0.3) is 11.0 Å². The lowest BCUT2D eigenvalue weighted by Crippen LogP contribution is -2.26. The maximum atomic E-state index is 12.9. The molecule has 1 aliphatic heterocycles. The molecule has 2 nitrogen and oxygen atoms in total. The normalized spacial score (nSPS) is 18.1. The number of piperidine rings is 1. The lowest BCUT2D eigenvalue weighted by atomic mass is 9.95. The first-order valence-electron chi connectivity index (χ1n) is 6.36. The molecule has 5 heteroatoms. The molecule has 0 aliphatic carbocycles. The van der Waals surface area contributed by atoms with Gasteiger partial charge >= 0.3 is 6.18 Å². The van der Waals surface area contributed by atoms with Crippen LogP contribution in [0.5, 0.6) is 0 Å². The Morgan fingerprint density at radius 3 is 2.58 bits per heavy atom. The van der Waals surface area contributed by atoms with Gasteiger partial charge < -0.3 is 9.73 Å². The van der Waals surface area contributed by atoms with Crippen LogP contribution in [0.15, 0.2) is 28.7 Å². The van der Waals surface area contributed by atoms with E-state index in [1.54, 1.807) is 12.1 Å². The van der Waals surface area contributed by atoms with Crippen LogP contribution in [0, 0.1) is 0 Å². The number of furan rings is 1. The highest BCUT2D eigenvalue weighted by atomic mass is 19.4. The fraction of sp³-hybridized carbons (Fsp3) is 0.429. The number of rotatable bonds is 1. The summed E-state index contributed by atoms with van der Waals surface area (Å²) in [5.41, 5.74) is -0.728. The summed E-state index contributed by atoms with van der Waals surface area (Å²) in [6.45, 7) is 1.77. The van der Waals surface area contributed by atoms with Crippen molar-refractivity contribution in [3.05, 3.63) is 35.6 Å². The first kappa shape index (κ1) is 12.5. The average Bonchev–Trinajstić information content (AvgIpc) is 2.82. The standard InChI is InChI=1S/C14H14F3NO/c15-14(16,17)11-3-1-2-10-8-12(19-13(10)11)9-4-6-18-7-5-9/h1-3,8-9,18H,4-7H2. The second-order valence-electron chi connectivity index (χ2n) is 4.89. The zero-order valence-corrected chi connectivity index (χ0v) is 10.3. The molecule has 0 atom stereocenters. The molecule has 1 saturated heterocycles. The second-order valence-corrected chi connectivity index (χ2v) is 4.89. The average molecular weight is 269 g/mol. The van der Waals surface area contributed by atoms with Crippen molar-refractivity contribution >= 4 is 11.0 Å². The number of fused-ring (bicyclic) bond motifs is 1. The molecule has 0 unspecified atom stereocenters. The molecule has 1 aliphatic rings. The van der Waals surface area contributed by atoms with Gasteiger partial charge in [0.1, 0.15) is 11.3 Å². The van der Waals surface area contributed by atoms with Gasteiger partial charge in [0.15, 0.2) is 0 Å². The highest BCUT2D eigenvalue weighted by Gasteiger charge is 2.34.